The van der Waals surface area contributed by atoms with Crippen LogP contribution < -0.4 is 10.6 Å². The van der Waals surface area contributed by atoms with Gasteiger partial charge in [0, 0.05) is 25.3 Å². The summed E-state index contributed by atoms with van der Waals surface area (Å²) in [5, 5.41) is 6.67. The van der Waals surface area contributed by atoms with E-state index in [0.29, 0.717) is 6.04 Å². The molecular weight excluding hydrogens is 140 g/mol. The van der Waals surface area contributed by atoms with Gasteiger partial charge in [-0.15, -0.1) is 0 Å². The van der Waals surface area contributed by atoms with Crippen molar-refractivity contribution in [3.63, 3.8) is 0 Å². The van der Waals surface area contributed by atoms with Crippen LogP contribution in [0.15, 0.2) is 12.4 Å². The van der Waals surface area contributed by atoms with Crippen molar-refractivity contribution in [1.29, 1.82) is 0 Å². The van der Waals surface area contributed by atoms with Gasteiger partial charge in [0.05, 0.1) is 11.9 Å². The van der Waals surface area contributed by atoms with Gasteiger partial charge in [-0.3, -0.25) is 5.10 Å². The third-order valence-corrected chi connectivity index (χ3v) is 2.07. The fraction of sp³-hybridized carbons (Fsp3) is 0.571. The van der Waals surface area contributed by atoms with Gasteiger partial charge >= 0.3 is 0 Å². The molecule has 1 aliphatic rings. The van der Waals surface area contributed by atoms with Crippen molar-refractivity contribution < 1.29 is 0 Å². The minimum Gasteiger partial charge on any atom is -0.367 e. The second kappa shape index (κ2) is 2.54. The average molecular weight is 152 g/mol. The number of nitrogens with two attached hydrogens (primary N) is 1. The Kier molecular flexibility index (Phi) is 1.54. The van der Waals surface area contributed by atoms with Gasteiger partial charge in [-0.2, -0.15) is 5.10 Å². The molecule has 1 saturated heterocycles. The summed E-state index contributed by atoms with van der Waals surface area (Å²) in [7, 11) is 0. The number of aromatic nitrogens is 2. The van der Waals surface area contributed by atoms with E-state index in [1.807, 2.05) is 12.4 Å². The number of H-pyrrole nitrogens is 1. The predicted molar refractivity (Wildman–Crippen MR) is 43.4 cm³/mol. The Hall–Kier alpha value is -1.03. The lowest BCUT2D eigenvalue weighted by atomic mass is 10.3. The molecule has 1 aromatic rings. The van der Waals surface area contributed by atoms with Crippen molar-refractivity contribution in [2.24, 2.45) is 5.73 Å². The monoisotopic (exact) mass is 152 g/mol. The molecule has 0 bridgehead atoms. The number of anilines is 1. The van der Waals surface area contributed by atoms with Crippen molar-refractivity contribution >= 4 is 5.69 Å². The zero-order valence-corrected chi connectivity index (χ0v) is 6.33. The first-order valence-electron chi connectivity index (χ1n) is 3.85. The van der Waals surface area contributed by atoms with Crippen LogP contribution in [0.3, 0.4) is 0 Å². The van der Waals surface area contributed by atoms with Gasteiger partial charge in [-0.25, -0.2) is 0 Å². The standard InChI is InChI=1S/C7H12N4/c8-6-1-2-11(5-6)7-3-9-10-4-7/h3-4,6H,1-2,5,8H2,(H,9,10)/t6-/m0/s1. The predicted octanol–water partition coefficient (Wildman–Crippen LogP) is -0.0529. The van der Waals surface area contributed by atoms with E-state index in [1.165, 1.54) is 0 Å². The molecular formula is C7H12N4. The Balaban J connectivity index is 2.08. The van der Waals surface area contributed by atoms with Crippen LogP contribution in [0, 0.1) is 0 Å². The minimum absolute atomic E-state index is 0.338. The highest BCUT2D eigenvalue weighted by atomic mass is 15.2. The van der Waals surface area contributed by atoms with Gasteiger partial charge in [0.1, 0.15) is 0 Å². The molecule has 11 heavy (non-hydrogen) atoms. The van der Waals surface area contributed by atoms with Gasteiger partial charge in [0.25, 0.3) is 0 Å². The maximum absolute atomic E-state index is 5.76. The highest BCUT2D eigenvalue weighted by Crippen LogP contribution is 2.16. The molecule has 60 valence electrons. The minimum atomic E-state index is 0.338. The first-order valence-corrected chi connectivity index (χ1v) is 3.85. The van der Waals surface area contributed by atoms with Crippen LogP contribution in [0.5, 0.6) is 0 Å². The van der Waals surface area contributed by atoms with E-state index in [2.05, 4.69) is 15.1 Å². The van der Waals surface area contributed by atoms with Crippen LogP contribution in [0.1, 0.15) is 6.42 Å². The van der Waals surface area contributed by atoms with Crippen molar-refractivity contribution in [3.8, 4) is 0 Å². The number of rotatable bonds is 1. The molecule has 4 nitrogen and oxygen atoms in total. The van der Waals surface area contributed by atoms with Crippen molar-refractivity contribution in [2.45, 2.75) is 12.5 Å². The summed E-state index contributed by atoms with van der Waals surface area (Å²) < 4.78 is 0. The van der Waals surface area contributed by atoms with Gasteiger partial charge < -0.3 is 10.6 Å². The Bertz CT molecular complexity index is 218. The van der Waals surface area contributed by atoms with Crippen LogP contribution in [0.2, 0.25) is 0 Å². The largest absolute Gasteiger partial charge is 0.367 e. The molecule has 3 N–H and O–H groups in total. The molecule has 4 heteroatoms. The lowest BCUT2D eigenvalue weighted by Gasteiger charge is -2.14. The maximum Gasteiger partial charge on any atom is 0.0750 e. The SMILES string of the molecule is N[C@H]1CCN(c2cn[nH]c2)C1. The zero-order chi connectivity index (χ0) is 7.68. The van der Waals surface area contributed by atoms with Crippen molar-refractivity contribution in [2.75, 3.05) is 18.0 Å². The molecule has 0 unspecified atom stereocenters. The molecule has 1 aliphatic heterocycles. The van der Waals surface area contributed by atoms with Crippen LogP contribution in [-0.2, 0) is 0 Å². The van der Waals surface area contributed by atoms with Crippen LogP contribution >= 0.6 is 0 Å². The van der Waals surface area contributed by atoms with Crippen LogP contribution in [0.25, 0.3) is 0 Å². The third kappa shape index (κ3) is 1.21. The number of nitrogens with zero attached hydrogens (tertiary/aromatic N) is 2. The van der Waals surface area contributed by atoms with Crippen LogP contribution in [0.4, 0.5) is 5.69 Å². The first kappa shape index (κ1) is 6.67. The third-order valence-electron chi connectivity index (χ3n) is 2.07. The smallest absolute Gasteiger partial charge is 0.0750 e. The average Bonchev–Trinajstić information content (AvgIpc) is 2.55. The van der Waals surface area contributed by atoms with Gasteiger partial charge in [-0.05, 0) is 6.42 Å². The number of hydrogen-bond acceptors (Lipinski definition) is 3. The summed E-state index contributed by atoms with van der Waals surface area (Å²) in [6.07, 6.45) is 4.82. The lowest BCUT2D eigenvalue weighted by Crippen LogP contribution is -2.25. The van der Waals surface area contributed by atoms with E-state index in [-0.39, 0.29) is 0 Å². The summed E-state index contributed by atoms with van der Waals surface area (Å²) in [6, 6.07) is 0.338. The van der Waals surface area contributed by atoms with E-state index in [0.717, 1.165) is 25.2 Å². The van der Waals surface area contributed by atoms with Crippen molar-refractivity contribution in [1.82, 2.24) is 10.2 Å². The van der Waals surface area contributed by atoms with Crippen molar-refractivity contribution in [3.05, 3.63) is 12.4 Å². The molecule has 1 aromatic heterocycles. The van der Waals surface area contributed by atoms with E-state index in [1.54, 1.807) is 0 Å². The first-order chi connectivity index (χ1) is 5.36. The second-order valence-electron chi connectivity index (χ2n) is 2.95. The van der Waals surface area contributed by atoms with E-state index < -0.39 is 0 Å². The maximum atomic E-state index is 5.76. The summed E-state index contributed by atoms with van der Waals surface area (Å²) in [6.45, 7) is 2.01. The number of nitrogens with one attached hydrogen (secondary N) is 1. The Morgan fingerprint density at radius 3 is 3.18 bits per heavy atom. The summed E-state index contributed by atoms with van der Waals surface area (Å²) in [4.78, 5) is 2.24. The van der Waals surface area contributed by atoms with Gasteiger partial charge in [-0.1, -0.05) is 0 Å². The summed E-state index contributed by atoms with van der Waals surface area (Å²) >= 11 is 0. The molecule has 0 aliphatic carbocycles. The molecule has 0 radical (unpaired) electrons. The van der Waals surface area contributed by atoms with E-state index in [4.69, 9.17) is 5.73 Å². The Labute approximate surface area is 65.4 Å². The van der Waals surface area contributed by atoms with E-state index in [9.17, 15) is 0 Å². The molecule has 1 atom stereocenters. The molecule has 2 rings (SSSR count). The highest BCUT2D eigenvalue weighted by Gasteiger charge is 2.19. The number of aromatic amines is 1. The Morgan fingerprint density at radius 1 is 1.73 bits per heavy atom. The fourth-order valence-corrected chi connectivity index (χ4v) is 1.44. The molecule has 0 spiro atoms. The van der Waals surface area contributed by atoms with Gasteiger partial charge in [0.15, 0.2) is 0 Å². The molecule has 0 amide bonds. The summed E-state index contributed by atoms with van der Waals surface area (Å²) in [5.74, 6) is 0. The van der Waals surface area contributed by atoms with Gasteiger partial charge in [0.2, 0.25) is 0 Å². The molecule has 2 heterocycles. The van der Waals surface area contributed by atoms with Crippen LogP contribution in [-0.4, -0.2) is 29.3 Å². The molecule has 1 fully saturated rings. The zero-order valence-electron chi connectivity index (χ0n) is 6.33. The fourth-order valence-electron chi connectivity index (χ4n) is 1.44. The number of hydrogen-bond donors (Lipinski definition) is 2. The summed E-state index contributed by atoms with van der Waals surface area (Å²) in [5.41, 5.74) is 6.91. The molecule has 0 aromatic carbocycles. The second-order valence-corrected chi connectivity index (χ2v) is 2.95. The topological polar surface area (TPSA) is 57.9 Å². The Morgan fingerprint density at radius 2 is 2.64 bits per heavy atom. The quantitative estimate of drug-likeness (QED) is 0.593. The lowest BCUT2D eigenvalue weighted by molar-refractivity contribution is 0.752. The highest BCUT2D eigenvalue weighted by molar-refractivity contribution is 5.43. The normalized spacial score (nSPS) is 24.5. The van der Waals surface area contributed by atoms with E-state index >= 15 is 0 Å². The molecule has 0 saturated carbocycles.